The van der Waals surface area contributed by atoms with Gasteiger partial charge in [-0.2, -0.15) is 0 Å². The molecule has 0 aromatic rings. The van der Waals surface area contributed by atoms with Crippen LogP contribution in [0.1, 0.15) is 136 Å². The van der Waals surface area contributed by atoms with E-state index in [-0.39, 0.29) is 11.8 Å². The van der Waals surface area contributed by atoms with E-state index in [1.54, 1.807) is 0 Å². The number of unbranched alkanes of at least 4 members (excludes halogenated alkanes) is 2. The lowest BCUT2D eigenvalue weighted by atomic mass is 10.1. The largest absolute Gasteiger partial charge is 0.467 e. The van der Waals surface area contributed by atoms with Gasteiger partial charge in [0.05, 0.1) is 7.11 Å². The van der Waals surface area contributed by atoms with Crippen LogP contribution >= 0.6 is 0 Å². The number of esters is 1. The van der Waals surface area contributed by atoms with Gasteiger partial charge >= 0.3 is 5.97 Å². The number of carbonyl (C=O) groups excluding carboxylic acids is 3. The van der Waals surface area contributed by atoms with Gasteiger partial charge in [-0.05, 0) is 109 Å². The Morgan fingerprint density at radius 2 is 0.836 bits per heavy atom. The fourth-order valence-electron chi connectivity index (χ4n) is 5.05. The standard InChI is InChI=1S/C49H74N2O4/c1-4-6-8-10-12-14-16-18-20-22-23-25-26-28-30-32-34-36-38-43-47(52)50-45-41-40-42-46(49(54)55-3)51-48(53)44-39-37-35-33-31-29-27-24-21-19-17-15-13-11-9-7-5-2/h6-9,12-15,18-21,23,25,27-30,33-36,46H,4-5,10-11,16-17,22,24,26,31-32,37-45H2,1-3H3,(H,50,52)(H,51,53)/b8-6-,9-7-,14-12-,15-13-,20-18-,21-19-,25-23-,29-27-,30-28-,35-33-,36-34-/t46-/m0/s1. The zero-order chi connectivity index (χ0) is 40.1. The van der Waals surface area contributed by atoms with Gasteiger partial charge in [-0.15, -0.1) is 0 Å². The molecule has 55 heavy (non-hydrogen) atoms. The minimum Gasteiger partial charge on any atom is -0.467 e. The molecule has 0 aromatic heterocycles. The second kappa shape index (κ2) is 42.3. The summed E-state index contributed by atoms with van der Waals surface area (Å²) in [6.07, 6.45) is 63.3. The second-order valence-electron chi connectivity index (χ2n) is 13.0. The van der Waals surface area contributed by atoms with Gasteiger partial charge in [-0.1, -0.05) is 148 Å². The number of nitrogens with one attached hydrogen (secondary N) is 2. The summed E-state index contributed by atoms with van der Waals surface area (Å²) >= 11 is 0. The third kappa shape index (κ3) is 39.1. The fourth-order valence-corrected chi connectivity index (χ4v) is 5.05. The van der Waals surface area contributed by atoms with Crippen molar-refractivity contribution in [3.63, 3.8) is 0 Å². The molecule has 0 spiro atoms. The van der Waals surface area contributed by atoms with Crippen molar-refractivity contribution in [3.8, 4) is 0 Å². The smallest absolute Gasteiger partial charge is 0.328 e. The molecule has 0 aromatic carbocycles. The molecule has 0 aliphatic heterocycles. The van der Waals surface area contributed by atoms with Crippen LogP contribution in [-0.4, -0.2) is 37.5 Å². The Balaban J connectivity index is 3.97. The molecule has 6 heteroatoms. The van der Waals surface area contributed by atoms with Crippen molar-refractivity contribution in [1.29, 1.82) is 0 Å². The summed E-state index contributed by atoms with van der Waals surface area (Å²) in [4.78, 5) is 36.9. The molecule has 0 radical (unpaired) electrons. The summed E-state index contributed by atoms with van der Waals surface area (Å²) in [7, 11) is 1.33. The van der Waals surface area contributed by atoms with E-state index < -0.39 is 12.0 Å². The molecule has 2 N–H and O–H groups in total. The number of hydrogen-bond donors (Lipinski definition) is 2. The highest BCUT2D eigenvalue weighted by atomic mass is 16.5. The number of ether oxygens (including phenoxy) is 1. The number of rotatable bonds is 34. The van der Waals surface area contributed by atoms with Crippen LogP contribution in [-0.2, 0) is 19.1 Å². The number of methoxy groups -OCH3 is 1. The molecule has 2 amide bonds. The van der Waals surface area contributed by atoms with Crippen molar-refractivity contribution in [1.82, 2.24) is 10.6 Å². The number of amides is 2. The van der Waals surface area contributed by atoms with E-state index in [2.05, 4.69) is 152 Å². The van der Waals surface area contributed by atoms with Gasteiger partial charge in [0.25, 0.3) is 0 Å². The summed E-state index contributed by atoms with van der Waals surface area (Å²) in [6.45, 7) is 4.83. The molecule has 0 saturated carbocycles. The number of carbonyl (C=O) groups is 3. The lowest BCUT2D eigenvalue weighted by Crippen LogP contribution is -2.41. The van der Waals surface area contributed by atoms with Crippen LogP contribution in [0.5, 0.6) is 0 Å². The Bertz CT molecular complexity index is 1290. The van der Waals surface area contributed by atoms with Crippen molar-refractivity contribution < 1.29 is 19.1 Å². The third-order valence-electron chi connectivity index (χ3n) is 8.13. The van der Waals surface area contributed by atoms with E-state index >= 15 is 0 Å². The van der Waals surface area contributed by atoms with Gasteiger partial charge in [0.2, 0.25) is 11.8 Å². The molecule has 0 fully saturated rings. The van der Waals surface area contributed by atoms with E-state index in [1.165, 1.54) is 7.11 Å². The highest BCUT2D eigenvalue weighted by Crippen LogP contribution is 2.06. The van der Waals surface area contributed by atoms with Gasteiger partial charge in [-0.3, -0.25) is 9.59 Å². The Morgan fingerprint density at radius 1 is 0.455 bits per heavy atom. The third-order valence-corrected chi connectivity index (χ3v) is 8.13. The fraction of sp³-hybridized carbons (Fsp3) is 0.490. The van der Waals surface area contributed by atoms with E-state index in [1.807, 2.05) is 6.08 Å². The summed E-state index contributed by atoms with van der Waals surface area (Å²) < 4.78 is 4.91. The molecule has 0 rings (SSSR count). The number of allylic oxidation sites excluding steroid dienone is 22. The minimum atomic E-state index is -0.671. The molecule has 0 aliphatic carbocycles. The Morgan fingerprint density at radius 3 is 1.24 bits per heavy atom. The van der Waals surface area contributed by atoms with Crippen molar-refractivity contribution >= 4 is 17.8 Å². The van der Waals surface area contributed by atoms with Crippen LogP contribution in [0.3, 0.4) is 0 Å². The minimum absolute atomic E-state index is 0.0184. The van der Waals surface area contributed by atoms with Crippen LogP contribution in [0.15, 0.2) is 134 Å². The van der Waals surface area contributed by atoms with E-state index in [0.29, 0.717) is 38.6 Å². The topological polar surface area (TPSA) is 84.5 Å². The predicted molar refractivity (Wildman–Crippen MR) is 237 cm³/mol. The van der Waals surface area contributed by atoms with Crippen LogP contribution in [0.25, 0.3) is 0 Å². The molecule has 6 nitrogen and oxygen atoms in total. The van der Waals surface area contributed by atoms with Crippen LogP contribution in [0, 0.1) is 0 Å². The van der Waals surface area contributed by atoms with Crippen LogP contribution in [0.2, 0.25) is 0 Å². The lowest BCUT2D eigenvalue weighted by Gasteiger charge is -2.16. The van der Waals surface area contributed by atoms with Crippen molar-refractivity contribution in [2.24, 2.45) is 0 Å². The Hall–Kier alpha value is -4.45. The SMILES string of the molecule is CC/C=C\C/C=C\C/C=C\C/C=C\C/C=C\C/C=C\CCC(=O)NCCCC[C@H](NC(=O)CCC/C=C\C/C=C\C/C=C\C/C=C\C/C=C\CC)C(=O)OC. The maximum absolute atomic E-state index is 12.5. The first-order chi connectivity index (χ1) is 27.0. The molecule has 0 saturated heterocycles. The normalized spacial score (nSPS) is 13.4. The first-order valence-corrected chi connectivity index (χ1v) is 20.8. The molecule has 0 unspecified atom stereocenters. The zero-order valence-corrected chi connectivity index (χ0v) is 34.6. The maximum Gasteiger partial charge on any atom is 0.328 e. The molecule has 1 atom stereocenters. The quantitative estimate of drug-likeness (QED) is 0.0389. The highest BCUT2D eigenvalue weighted by Gasteiger charge is 2.20. The predicted octanol–water partition coefficient (Wildman–Crippen LogP) is 12.3. The van der Waals surface area contributed by atoms with E-state index in [9.17, 15) is 14.4 Å². The Labute approximate surface area is 335 Å². The first-order valence-electron chi connectivity index (χ1n) is 20.8. The van der Waals surface area contributed by atoms with Crippen molar-refractivity contribution in [2.45, 2.75) is 142 Å². The van der Waals surface area contributed by atoms with Gasteiger partial charge in [-0.25, -0.2) is 4.79 Å². The summed E-state index contributed by atoms with van der Waals surface area (Å²) in [5, 5.41) is 5.78. The van der Waals surface area contributed by atoms with Crippen molar-refractivity contribution in [2.75, 3.05) is 13.7 Å². The summed E-state index contributed by atoms with van der Waals surface area (Å²) in [5.74, 6) is -0.568. The average molecular weight is 755 g/mol. The second-order valence-corrected chi connectivity index (χ2v) is 13.0. The summed E-state index contributed by atoms with van der Waals surface area (Å²) in [5.41, 5.74) is 0. The lowest BCUT2D eigenvalue weighted by molar-refractivity contribution is -0.145. The molecule has 0 bridgehead atoms. The molecule has 304 valence electrons. The van der Waals surface area contributed by atoms with Crippen molar-refractivity contribution in [3.05, 3.63) is 134 Å². The van der Waals surface area contributed by atoms with Gasteiger partial charge in [0, 0.05) is 19.4 Å². The van der Waals surface area contributed by atoms with Gasteiger partial charge in [0.15, 0.2) is 0 Å². The van der Waals surface area contributed by atoms with Crippen LogP contribution in [0.4, 0.5) is 0 Å². The van der Waals surface area contributed by atoms with Crippen LogP contribution < -0.4 is 10.6 Å². The van der Waals surface area contributed by atoms with Gasteiger partial charge < -0.3 is 15.4 Å². The molecular formula is C49H74N2O4. The zero-order valence-electron chi connectivity index (χ0n) is 34.6. The highest BCUT2D eigenvalue weighted by molar-refractivity contribution is 5.84. The maximum atomic E-state index is 12.5. The number of hydrogen-bond acceptors (Lipinski definition) is 4. The van der Waals surface area contributed by atoms with E-state index in [0.717, 1.165) is 89.9 Å². The summed E-state index contributed by atoms with van der Waals surface area (Å²) in [6, 6.07) is -0.671. The first kappa shape index (κ1) is 50.5. The molecular weight excluding hydrogens is 681 g/mol. The van der Waals surface area contributed by atoms with E-state index in [4.69, 9.17) is 4.74 Å². The molecule has 0 heterocycles. The average Bonchev–Trinajstić information content (AvgIpc) is 3.19. The van der Waals surface area contributed by atoms with Gasteiger partial charge in [0.1, 0.15) is 6.04 Å². The molecule has 0 aliphatic rings. The monoisotopic (exact) mass is 755 g/mol. The Kier molecular flexibility index (Phi) is 38.9.